The second-order valence-electron chi connectivity index (χ2n) is 9.29. The zero-order valence-corrected chi connectivity index (χ0v) is 20.7. The van der Waals surface area contributed by atoms with E-state index < -0.39 is 17.8 Å². The van der Waals surface area contributed by atoms with Crippen LogP contribution in [0.2, 0.25) is 0 Å². The normalized spacial score (nSPS) is 13.7. The van der Waals surface area contributed by atoms with Gasteiger partial charge in [0.05, 0.1) is 11.9 Å². The molecule has 1 aromatic heterocycles. The Bertz CT molecular complexity index is 1010. The van der Waals surface area contributed by atoms with Crippen LogP contribution in [0.5, 0.6) is 5.75 Å². The quantitative estimate of drug-likeness (QED) is 0.629. The first-order valence-corrected chi connectivity index (χ1v) is 11.6. The second-order valence-corrected chi connectivity index (χ2v) is 9.29. The predicted octanol–water partition coefficient (Wildman–Crippen LogP) is 3.06. The number of hydrogen-bond donors (Lipinski definition) is 2. The third kappa shape index (κ3) is 8.47. The van der Waals surface area contributed by atoms with Crippen molar-refractivity contribution in [3.8, 4) is 5.75 Å². The molecule has 0 aliphatic carbocycles. The van der Waals surface area contributed by atoms with E-state index in [-0.39, 0.29) is 5.91 Å². The van der Waals surface area contributed by atoms with Crippen LogP contribution in [0.25, 0.3) is 0 Å². The minimum atomic E-state index is -0.824. The number of hydrogen-bond acceptors (Lipinski definition) is 7. The average molecular weight is 484 g/mol. The number of nitrogens with zero attached hydrogens (tertiary/aromatic N) is 3. The molecule has 2 N–H and O–H groups in total. The molecule has 2 aromatic rings. The standard InChI is InChI=1S/C25H33N5O5/c1-18(31)29-13-15-30(16-14-29)21-10-9-20(26-17-21)8-5-19-6-11-22(12-7-19)34-23(32)27-28-24(33)35-25(2,3)4/h6-7,9-12,17H,5,8,13-16H2,1-4H3,(H,27,32)(H,28,33). The molecule has 10 heteroatoms. The maximum atomic E-state index is 11.8. The smallest absolute Gasteiger partial charge is 0.431 e. The van der Waals surface area contributed by atoms with E-state index in [9.17, 15) is 14.4 Å². The van der Waals surface area contributed by atoms with Gasteiger partial charge < -0.3 is 19.3 Å². The van der Waals surface area contributed by atoms with Crippen LogP contribution >= 0.6 is 0 Å². The van der Waals surface area contributed by atoms with Gasteiger partial charge in [0.15, 0.2) is 0 Å². The highest BCUT2D eigenvalue weighted by Gasteiger charge is 2.19. The lowest BCUT2D eigenvalue weighted by Gasteiger charge is -2.35. The Morgan fingerprint density at radius 3 is 2.14 bits per heavy atom. The van der Waals surface area contributed by atoms with Gasteiger partial charge in [-0.3, -0.25) is 9.78 Å². The summed E-state index contributed by atoms with van der Waals surface area (Å²) in [6.45, 7) is 9.86. The monoisotopic (exact) mass is 483 g/mol. The first-order valence-electron chi connectivity index (χ1n) is 11.6. The van der Waals surface area contributed by atoms with Gasteiger partial charge in [0.1, 0.15) is 11.4 Å². The minimum Gasteiger partial charge on any atom is -0.443 e. The van der Waals surface area contributed by atoms with Gasteiger partial charge in [-0.05, 0) is 63.4 Å². The zero-order valence-electron chi connectivity index (χ0n) is 20.7. The number of carbonyl (C=O) groups is 3. The number of aromatic nitrogens is 1. The molecule has 0 bridgehead atoms. The molecule has 1 saturated heterocycles. The van der Waals surface area contributed by atoms with Crippen molar-refractivity contribution < 1.29 is 23.9 Å². The summed E-state index contributed by atoms with van der Waals surface area (Å²) >= 11 is 0. The zero-order chi connectivity index (χ0) is 25.4. The van der Waals surface area contributed by atoms with Crippen molar-refractivity contribution >= 4 is 23.8 Å². The van der Waals surface area contributed by atoms with E-state index in [2.05, 4.69) is 26.8 Å². The van der Waals surface area contributed by atoms with Crippen molar-refractivity contribution in [3.05, 3.63) is 53.9 Å². The maximum Gasteiger partial charge on any atom is 0.431 e. The topological polar surface area (TPSA) is 113 Å². The van der Waals surface area contributed by atoms with Crippen LogP contribution in [0.4, 0.5) is 15.3 Å². The van der Waals surface area contributed by atoms with Gasteiger partial charge in [0.2, 0.25) is 5.91 Å². The number of aryl methyl sites for hydroxylation is 2. The van der Waals surface area contributed by atoms with Gasteiger partial charge in [0.25, 0.3) is 0 Å². The van der Waals surface area contributed by atoms with E-state index >= 15 is 0 Å². The number of piperazine rings is 1. The van der Waals surface area contributed by atoms with Crippen LogP contribution in [-0.4, -0.2) is 59.8 Å². The largest absolute Gasteiger partial charge is 0.443 e. The second kappa shape index (κ2) is 11.5. The molecule has 0 spiro atoms. The van der Waals surface area contributed by atoms with Crippen molar-refractivity contribution in [2.75, 3.05) is 31.1 Å². The molecule has 0 saturated carbocycles. The molecule has 1 fully saturated rings. The fraction of sp³-hybridized carbons (Fsp3) is 0.440. The van der Waals surface area contributed by atoms with Crippen molar-refractivity contribution in [3.63, 3.8) is 0 Å². The Morgan fingerprint density at radius 1 is 0.914 bits per heavy atom. The third-order valence-electron chi connectivity index (χ3n) is 5.37. The predicted molar refractivity (Wildman–Crippen MR) is 131 cm³/mol. The molecule has 1 aliphatic rings. The fourth-order valence-corrected chi connectivity index (χ4v) is 3.57. The lowest BCUT2D eigenvalue weighted by Crippen LogP contribution is -2.48. The number of rotatable bonds is 5. The maximum absolute atomic E-state index is 11.8. The molecular formula is C25H33N5O5. The van der Waals surface area contributed by atoms with Crippen molar-refractivity contribution in [1.82, 2.24) is 20.7 Å². The molecule has 35 heavy (non-hydrogen) atoms. The van der Waals surface area contributed by atoms with E-state index in [0.29, 0.717) is 5.75 Å². The number of hydrazine groups is 1. The molecule has 3 rings (SSSR count). The molecule has 0 radical (unpaired) electrons. The van der Waals surface area contributed by atoms with Gasteiger partial charge in [-0.25, -0.2) is 20.4 Å². The van der Waals surface area contributed by atoms with Gasteiger partial charge in [-0.2, -0.15) is 0 Å². The van der Waals surface area contributed by atoms with Crippen molar-refractivity contribution in [1.29, 1.82) is 0 Å². The summed E-state index contributed by atoms with van der Waals surface area (Å²) < 4.78 is 10.2. The summed E-state index contributed by atoms with van der Waals surface area (Å²) in [5.41, 5.74) is 6.73. The summed E-state index contributed by atoms with van der Waals surface area (Å²) in [5, 5.41) is 0. The van der Waals surface area contributed by atoms with Crippen LogP contribution in [-0.2, 0) is 22.4 Å². The summed E-state index contributed by atoms with van der Waals surface area (Å²) in [6.07, 6.45) is 1.85. The lowest BCUT2D eigenvalue weighted by atomic mass is 10.1. The molecule has 0 atom stereocenters. The van der Waals surface area contributed by atoms with Gasteiger partial charge in [-0.15, -0.1) is 0 Å². The number of nitrogens with one attached hydrogen (secondary N) is 2. The first kappa shape index (κ1) is 25.8. The lowest BCUT2D eigenvalue weighted by molar-refractivity contribution is -0.129. The number of benzene rings is 1. The Hall–Kier alpha value is -3.82. The molecule has 188 valence electrons. The van der Waals surface area contributed by atoms with Gasteiger partial charge in [-0.1, -0.05) is 12.1 Å². The SMILES string of the molecule is CC(=O)N1CCN(c2ccc(CCc3ccc(OC(=O)NNC(=O)OC(C)(C)C)cc3)nc2)CC1. The van der Waals surface area contributed by atoms with Crippen LogP contribution in [0.15, 0.2) is 42.6 Å². The highest BCUT2D eigenvalue weighted by Crippen LogP contribution is 2.18. The molecular weight excluding hydrogens is 450 g/mol. The van der Waals surface area contributed by atoms with E-state index in [1.165, 1.54) is 0 Å². The number of ether oxygens (including phenoxy) is 2. The molecule has 1 aromatic carbocycles. The van der Waals surface area contributed by atoms with Crippen molar-refractivity contribution in [2.45, 2.75) is 46.1 Å². The third-order valence-corrected chi connectivity index (χ3v) is 5.37. The summed E-state index contributed by atoms with van der Waals surface area (Å²) in [4.78, 5) is 43.6. The number of amides is 3. The number of carbonyl (C=O) groups excluding carboxylic acids is 3. The molecule has 3 amide bonds. The van der Waals surface area contributed by atoms with Gasteiger partial charge >= 0.3 is 12.2 Å². The molecule has 10 nitrogen and oxygen atoms in total. The number of anilines is 1. The van der Waals surface area contributed by atoms with Crippen LogP contribution in [0, 0.1) is 0 Å². The van der Waals surface area contributed by atoms with Crippen LogP contribution in [0.3, 0.4) is 0 Å². The van der Waals surface area contributed by atoms with Crippen LogP contribution < -0.4 is 20.5 Å². The van der Waals surface area contributed by atoms with E-state index in [1.807, 2.05) is 29.3 Å². The van der Waals surface area contributed by atoms with Crippen LogP contribution in [0.1, 0.15) is 39.0 Å². The Balaban J connectivity index is 1.41. The Morgan fingerprint density at radius 2 is 1.57 bits per heavy atom. The Labute approximate surface area is 205 Å². The van der Waals surface area contributed by atoms with Gasteiger partial charge in [0, 0.05) is 38.8 Å². The molecule has 0 unspecified atom stereocenters. The Kier molecular flexibility index (Phi) is 8.51. The van der Waals surface area contributed by atoms with E-state index in [4.69, 9.17) is 9.47 Å². The van der Waals surface area contributed by atoms with E-state index in [1.54, 1.807) is 39.8 Å². The minimum absolute atomic E-state index is 0.121. The highest BCUT2D eigenvalue weighted by atomic mass is 16.6. The van der Waals surface area contributed by atoms with Crippen molar-refractivity contribution in [2.24, 2.45) is 0 Å². The highest BCUT2D eigenvalue weighted by molar-refractivity contribution is 5.75. The summed E-state index contributed by atoms with van der Waals surface area (Å²) in [5.74, 6) is 0.473. The first-order chi connectivity index (χ1) is 16.6. The average Bonchev–Trinajstić information content (AvgIpc) is 2.82. The molecule has 1 aliphatic heterocycles. The number of pyridine rings is 1. The summed E-state index contributed by atoms with van der Waals surface area (Å²) in [6, 6.07) is 11.3. The van der Waals surface area contributed by atoms with E-state index in [0.717, 1.165) is 56.0 Å². The molecule has 2 heterocycles. The summed E-state index contributed by atoms with van der Waals surface area (Å²) in [7, 11) is 0. The fourth-order valence-electron chi connectivity index (χ4n) is 3.57.